The average Bonchev–Trinajstić information content (AvgIpc) is 3.26. The van der Waals surface area contributed by atoms with Gasteiger partial charge < -0.3 is 14.2 Å². The third-order valence-electron chi connectivity index (χ3n) is 10.5. The molecule has 1 atom stereocenters. The van der Waals surface area contributed by atoms with Crippen LogP contribution in [0.1, 0.15) is 226 Å². The molecule has 0 amide bonds. The van der Waals surface area contributed by atoms with Crippen molar-refractivity contribution in [2.24, 2.45) is 0 Å². The second-order valence-corrected chi connectivity index (χ2v) is 16.5. The van der Waals surface area contributed by atoms with Gasteiger partial charge in [0.2, 0.25) is 0 Å². The van der Waals surface area contributed by atoms with Crippen molar-refractivity contribution in [2.75, 3.05) is 13.2 Å². The summed E-state index contributed by atoms with van der Waals surface area (Å²) in [6, 6.07) is 0. The summed E-state index contributed by atoms with van der Waals surface area (Å²) >= 11 is 0. The number of rotatable bonds is 44. The molecule has 0 saturated heterocycles. The molecule has 0 aromatic rings. The van der Waals surface area contributed by atoms with Crippen molar-refractivity contribution in [2.45, 2.75) is 232 Å². The second-order valence-electron chi connectivity index (χ2n) is 16.5. The Bertz CT molecular complexity index is 1200. The van der Waals surface area contributed by atoms with Crippen LogP contribution in [-0.2, 0) is 28.6 Å². The molecule has 0 N–H and O–H groups in total. The lowest BCUT2D eigenvalue weighted by Gasteiger charge is -2.18. The summed E-state index contributed by atoms with van der Waals surface area (Å²) in [5, 5.41) is 0. The predicted octanol–water partition coefficient (Wildman–Crippen LogP) is 16.4. The molecule has 0 aliphatic rings. The maximum Gasteiger partial charge on any atom is 0.306 e. The topological polar surface area (TPSA) is 78.9 Å². The Morgan fingerprint density at radius 2 is 0.656 bits per heavy atom. The van der Waals surface area contributed by atoms with E-state index in [2.05, 4.69) is 51.2 Å². The third-order valence-corrected chi connectivity index (χ3v) is 10.5. The zero-order valence-electron chi connectivity index (χ0n) is 39.7. The van der Waals surface area contributed by atoms with Crippen molar-refractivity contribution in [3.8, 4) is 0 Å². The van der Waals surface area contributed by atoms with Crippen LogP contribution in [0.5, 0.6) is 0 Å². The quantitative estimate of drug-likeness (QED) is 0.0263. The third kappa shape index (κ3) is 47.5. The van der Waals surface area contributed by atoms with E-state index in [0.717, 1.165) is 57.8 Å². The summed E-state index contributed by atoms with van der Waals surface area (Å²) in [6.45, 7) is 6.39. The molecule has 6 heteroatoms. The minimum Gasteiger partial charge on any atom is -0.462 e. The molecule has 0 aliphatic carbocycles. The van der Waals surface area contributed by atoms with Crippen molar-refractivity contribution in [3.05, 3.63) is 85.1 Å². The van der Waals surface area contributed by atoms with Crippen LogP contribution in [0.15, 0.2) is 85.1 Å². The lowest BCUT2D eigenvalue weighted by Crippen LogP contribution is -2.30. The number of carbonyl (C=O) groups excluding carboxylic acids is 3. The summed E-state index contributed by atoms with van der Waals surface area (Å²) in [7, 11) is 0. The number of hydrogen-bond acceptors (Lipinski definition) is 6. The fourth-order valence-corrected chi connectivity index (χ4v) is 6.76. The van der Waals surface area contributed by atoms with Crippen molar-refractivity contribution < 1.29 is 28.6 Å². The molecule has 0 fully saturated rings. The van der Waals surface area contributed by atoms with Crippen LogP contribution in [0.25, 0.3) is 0 Å². The van der Waals surface area contributed by atoms with Crippen LogP contribution in [0, 0.1) is 0 Å². The first kappa shape index (κ1) is 57.6. The van der Waals surface area contributed by atoms with E-state index >= 15 is 0 Å². The molecule has 0 aliphatic heterocycles. The fourth-order valence-electron chi connectivity index (χ4n) is 6.76. The average molecular weight is 849 g/mol. The maximum atomic E-state index is 12.8. The molecule has 0 aromatic heterocycles. The van der Waals surface area contributed by atoms with Crippen LogP contribution in [0.2, 0.25) is 0 Å². The van der Waals surface area contributed by atoms with Crippen LogP contribution in [0.4, 0.5) is 0 Å². The summed E-state index contributed by atoms with van der Waals surface area (Å²) in [4.78, 5) is 37.9. The normalized spacial score (nSPS) is 12.8. The second kappa shape index (κ2) is 49.2. The van der Waals surface area contributed by atoms with E-state index in [1.807, 2.05) is 54.7 Å². The summed E-state index contributed by atoms with van der Waals surface area (Å²) < 4.78 is 16.7. The van der Waals surface area contributed by atoms with Gasteiger partial charge in [-0.1, -0.05) is 234 Å². The summed E-state index contributed by atoms with van der Waals surface area (Å²) in [5.41, 5.74) is 0. The van der Waals surface area contributed by atoms with E-state index in [9.17, 15) is 14.4 Å². The van der Waals surface area contributed by atoms with Gasteiger partial charge in [-0.3, -0.25) is 14.4 Å². The van der Waals surface area contributed by atoms with Gasteiger partial charge in [-0.05, 0) is 57.8 Å². The molecule has 348 valence electrons. The van der Waals surface area contributed by atoms with Crippen molar-refractivity contribution in [1.82, 2.24) is 0 Å². The molecule has 6 nitrogen and oxygen atoms in total. The van der Waals surface area contributed by atoms with Gasteiger partial charge in [0.25, 0.3) is 0 Å². The lowest BCUT2D eigenvalue weighted by molar-refractivity contribution is -0.167. The number of carbonyl (C=O) groups is 3. The first-order valence-electron chi connectivity index (χ1n) is 25.2. The van der Waals surface area contributed by atoms with Gasteiger partial charge in [0, 0.05) is 19.3 Å². The zero-order valence-corrected chi connectivity index (χ0v) is 39.7. The smallest absolute Gasteiger partial charge is 0.306 e. The molecular weight excluding hydrogens is 757 g/mol. The highest BCUT2D eigenvalue weighted by Gasteiger charge is 2.19. The van der Waals surface area contributed by atoms with E-state index in [0.29, 0.717) is 19.3 Å². The first-order valence-corrected chi connectivity index (χ1v) is 25.2. The van der Waals surface area contributed by atoms with Gasteiger partial charge in [0.1, 0.15) is 13.2 Å². The molecule has 1 unspecified atom stereocenters. The fraction of sp³-hybridized carbons (Fsp3) is 0.691. The Hall–Kier alpha value is -3.41. The lowest BCUT2D eigenvalue weighted by atomic mass is 10.0. The number of esters is 3. The molecule has 0 aromatic carbocycles. The molecular formula is C55H92O6. The number of unbranched alkanes of at least 4 members (excludes halogenated alkanes) is 24. The van der Waals surface area contributed by atoms with Crippen LogP contribution < -0.4 is 0 Å². The minimum absolute atomic E-state index is 0.104. The predicted molar refractivity (Wildman–Crippen MR) is 261 cm³/mol. The monoisotopic (exact) mass is 849 g/mol. The number of allylic oxidation sites excluding steroid dienone is 14. The Balaban J connectivity index is 4.49. The number of hydrogen-bond donors (Lipinski definition) is 0. The maximum absolute atomic E-state index is 12.8. The molecule has 0 bridgehead atoms. The summed E-state index contributed by atoms with van der Waals surface area (Å²) in [5.74, 6) is -0.991. The van der Waals surface area contributed by atoms with Crippen LogP contribution >= 0.6 is 0 Å². The minimum atomic E-state index is -0.807. The van der Waals surface area contributed by atoms with E-state index in [1.165, 1.54) is 122 Å². The van der Waals surface area contributed by atoms with Crippen LogP contribution in [-0.4, -0.2) is 37.2 Å². The van der Waals surface area contributed by atoms with Crippen molar-refractivity contribution in [3.63, 3.8) is 0 Å². The molecule has 0 saturated carbocycles. The van der Waals surface area contributed by atoms with Gasteiger partial charge >= 0.3 is 17.9 Å². The standard InChI is InChI=1S/C55H92O6/c1-4-7-10-13-16-19-22-25-27-30-33-36-39-42-45-48-54(57)60-51-52(50-59-53(56)47-44-41-38-35-32-29-24-21-18-15-12-9-6-3)61-55(58)49-46-43-40-37-34-31-28-26-23-20-17-14-11-8-5-2/h9,12,15-16,18-19,21-22,24-25,29,32,35,38,52H,4-8,10-11,13-14,17,20,23,26-28,30-31,33-34,36-37,39-51H2,1-3H3/b12-9-,18-15-,19-16-,24-21-,25-22-,32-29-,38-35-. The highest BCUT2D eigenvalue weighted by Crippen LogP contribution is 2.15. The SMILES string of the molecule is CC\C=C/C=C\C=C/C=C\C=C/CCCC(=O)OCC(COC(=O)CCCCCCCC/C=C\C=C/CCCCC)OC(=O)CCCCCCCCCCCCCCCCC. The molecule has 0 rings (SSSR count). The van der Waals surface area contributed by atoms with Gasteiger partial charge in [-0.15, -0.1) is 0 Å². The zero-order chi connectivity index (χ0) is 44.4. The Morgan fingerprint density at radius 1 is 0.344 bits per heavy atom. The Labute approximate surface area is 375 Å². The largest absolute Gasteiger partial charge is 0.462 e. The molecule has 61 heavy (non-hydrogen) atoms. The highest BCUT2D eigenvalue weighted by atomic mass is 16.6. The van der Waals surface area contributed by atoms with Gasteiger partial charge in [-0.25, -0.2) is 0 Å². The first-order chi connectivity index (χ1) is 30.0. The van der Waals surface area contributed by atoms with Crippen molar-refractivity contribution >= 4 is 17.9 Å². The van der Waals surface area contributed by atoms with Crippen LogP contribution in [0.3, 0.4) is 0 Å². The van der Waals surface area contributed by atoms with E-state index in [-0.39, 0.29) is 37.5 Å². The van der Waals surface area contributed by atoms with Gasteiger partial charge in [0.05, 0.1) is 0 Å². The van der Waals surface area contributed by atoms with E-state index in [4.69, 9.17) is 14.2 Å². The van der Waals surface area contributed by atoms with E-state index < -0.39 is 6.10 Å². The molecule has 0 spiro atoms. The summed E-state index contributed by atoms with van der Waals surface area (Å²) in [6.07, 6.45) is 62.8. The van der Waals surface area contributed by atoms with Crippen molar-refractivity contribution in [1.29, 1.82) is 0 Å². The molecule has 0 radical (unpaired) electrons. The molecule has 0 heterocycles. The van der Waals surface area contributed by atoms with E-state index in [1.54, 1.807) is 0 Å². The van der Waals surface area contributed by atoms with Gasteiger partial charge in [-0.2, -0.15) is 0 Å². The Kier molecular flexibility index (Phi) is 46.5. The number of ether oxygens (including phenoxy) is 3. The highest BCUT2D eigenvalue weighted by molar-refractivity contribution is 5.71. The Morgan fingerprint density at radius 3 is 1.11 bits per heavy atom. The van der Waals surface area contributed by atoms with Gasteiger partial charge in [0.15, 0.2) is 6.10 Å².